The van der Waals surface area contributed by atoms with Crippen molar-refractivity contribution in [3.05, 3.63) is 71.3 Å². The summed E-state index contributed by atoms with van der Waals surface area (Å²) >= 11 is 0. The first-order chi connectivity index (χ1) is 19.4. The van der Waals surface area contributed by atoms with Crippen molar-refractivity contribution in [1.29, 1.82) is 0 Å². The highest BCUT2D eigenvalue weighted by molar-refractivity contribution is 5.97. The van der Waals surface area contributed by atoms with Crippen molar-refractivity contribution >= 4 is 18.0 Å². The first-order valence-corrected chi connectivity index (χ1v) is 13.4. The number of rotatable bonds is 7. The molecule has 1 heterocycles. The van der Waals surface area contributed by atoms with E-state index < -0.39 is 41.4 Å². The van der Waals surface area contributed by atoms with Gasteiger partial charge in [0.15, 0.2) is 6.29 Å². The Labute approximate surface area is 240 Å². The highest BCUT2D eigenvalue weighted by Crippen LogP contribution is 2.25. The average Bonchev–Trinajstić information content (AvgIpc) is 2.93. The van der Waals surface area contributed by atoms with Crippen molar-refractivity contribution in [2.45, 2.75) is 77.0 Å². The summed E-state index contributed by atoms with van der Waals surface area (Å²) in [5, 5.41) is 15.0. The van der Waals surface area contributed by atoms with Gasteiger partial charge >= 0.3 is 12.1 Å². The van der Waals surface area contributed by atoms with Crippen LogP contribution in [0.2, 0.25) is 0 Å². The fourth-order valence-corrected chi connectivity index (χ4v) is 3.96. The zero-order valence-corrected chi connectivity index (χ0v) is 23.9. The summed E-state index contributed by atoms with van der Waals surface area (Å²) in [6.07, 6.45) is -0.656. The van der Waals surface area contributed by atoms with E-state index in [-0.39, 0.29) is 18.1 Å². The van der Waals surface area contributed by atoms with E-state index in [9.17, 15) is 19.5 Å². The second-order valence-corrected chi connectivity index (χ2v) is 10.8. The lowest BCUT2D eigenvalue weighted by Crippen LogP contribution is -2.63. The van der Waals surface area contributed by atoms with Gasteiger partial charge in [0.1, 0.15) is 17.7 Å². The number of carbonyl (C=O) groups is 3. The van der Waals surface area contributed by atoms with Crippen molar-refractivity contribution in [3.8, 4) is 23.7 Å². The quantitative estimate of drug-likeness (QED) is 0.429. The molecule has 1 saturated heterocycles. The van der Waals surface area contributed by atoms with Crippen LogP contribution in [0.5, 0.6) is 0 Å². The Bertz CT molecular complexity index is 1340. The molecule has 1 aliphatic rings. The number of alkyl carbamates (subject to hydrolysis) is 1. The minimum atomic E-state index is -1.41. The topological polar surface area (TPSA) is 123 Å². The molecular formula is C32H36N2O7. The lowest BCUT2D eigenvalue weighted by atomic mass is 9.89. The van der Waals surface area contributed by atoms with E-state index in [2.05, 4.69) is 34.3 Å². The normalized spacial score (nSPS) is 18.7. The predicted molar refractivity (Wildman–Crippen MR) is 153 cm³/mol. The molecule has 0 spiro atoms. The smallest absolute Gasteiger partial charge is 0.408 e. The lowest BCUT2D eigenvalue weighted by Gasteiger charge is -2.36. The first-order valence-electron chi connectivity index (χ1n) is 13.4. The fourth-order valence-electron chi connectivity index (χ4n) is 3.96. The number of carbonyl (C=O) groups excluding carboxylic acids is 2. The Kier molecular flexibility index (Phi) is 10.5. The predicted octanol–water partition coefficient (Wildman–Crippen LogP) is 4.42. The van der Waals surface area contributed by atoms with Crippen LogP contribution in [0, 0.1) is 23.7 Å². The molecule has 3 unspecified atom stereocenters. The van der Waals surface area contributed by atoms with Crippen molar-refractivity contribution in [2.75, 3.05) is 6.61 Å². The number of aliphatic carboxylic acids is 1. The van der Waals surface area contributed by atoms with Gasteiger partial charge in [0.25, 0.3) is 5.91 Å². The van der Waals surface area contributed by atoms with Crippen LogP contribution in [-0.4, -0.2) is 53.0 Å². The standard InChI is InChI=1S/C32H36N2O7/c1-6-32(5,34-30(38)41-31(2,3)4)26(28(36)37)33-27(35)23-18-16-22(17-19-23)12-10-11-15-25-20-21-39-29(40-25)24-13-8-7-9-14-24/h7-9,13-14,16-19,25-26,29H,6,20-21H2,1-5H3,(H,33,35)(H,34,38)(H,36,37)/t25?,26-,29?,32?/m1/s1. The lowest BCUT2D eigenvalue weighted by molar-refractivity contribution is -0.202. The maximum atomic E-state index is 12.9. The molecule has 216 valence electrons. The molecule has 1 fully saturated rings. The molecule has 0 aliphatic carbocycles. The molecule has 2 aromatic carbocycles. The molecule has 1 aliphatic heterocycles. The molecule has 3 rings (SSSR count). The highest BCUT2D eigenvalue weighted by atomic mass is 16.7. The molecule has 2 amide bonds. The van der Waals surface area contributed by atoms with Gasteiger partial charge in [0.2, 0.25) is 0 Å². The maximum absolute atomic E-state index is 12.9. The van der Waals surface area contributed by atoms with Crippen molar-refractivity contribution in [3.63, 3.8) is 0 Å². The van der Waals surface area contributed by atoms with Crippen LogP contribution >= 0.6 is 0 Å². The van der Waals surface area contributed by atoms with Crippen LogP contribution in [-0.2, 0) is 19.0 Å². The Morgan fingerprint density at radius 2 is 1.73 bits per heavy atom. The average molecular weight is 561 g/mol. The van der Waals surface area contributed by atoms with Crippen LogP contribution in [0.15, 0.2) is 54.6 Å². The van der Waals surface area contributed by atoms with Crippen LogP contribution in [0.25, 0.3) is 0 Å². The zero-order valence-electron chi connectivity index (χ0n) is 23.9. The summed E-state index contributed by atoms with van der Waals surface area (Å²) < 4.78 is 16.9. The Hall–Kier alpha value is -4.31. The summed E-state index contributed by atoms with van der Waals surface area (Å²) in [7, 11) is 0. The van der Waals surface area contributed by atoms with Gasteiger partial charge in [-0.2, -0.15) is 0 Å². The molecule has 4 atom stereocenters. The first kappa shape index (κ1) is 31.2. The van der Waals surface area contributed by atoms with Crippen LogP contribution in [0.3, 0.4) is 0 Å². The van der Waals surface area contributed by atoms with Gasteiger partial charge < -0.3 is 30.0 Å². The number of ether oxygens (including phenoxy) is 3. The third-order valence-corrected chi connectivity index (χ3v) is 6.34. The van der Waals surface area contributed by atoms with Gasteiger partial charge in [-0.25, -0.2) is 9.59 Å². The Morgan fingerprint density at radius 1 is 1.05 bits per heavy atom. The third-order valence-electron chi connectivity index (χ3n) is 6.34. The maximum Gasteiger partial charge on any atom is 0.408 e. The molecule has 0 saturated carbocycles. The van der Waals surface area contributed by atoms with Crippen LogP contribution in [0.4, 0.5) is 4.79 Å². The summed E-state index contributed by atoms with van der Waals surface area (Å²) in [5.74, 6) is 9.67. The summed E-state index contributed by atoms with van der Waals surface area (Å²) in [6.45, 7) is 8.90. The second kappa shape index (κ2) is 13.8. The van der Waals surface area contributed by atoms with E-state index >= 15 is 0 Å². The SMILES string of the molecule is CCC(C)(NC(=O)OC(C)(C)C)[C@H](NC(=O)c1ccc(C#CC#CC2CCOC(c3ccccc3)O2)cc1)C(=O)O. The monoisotopic (exact) mass is 560 g/mol. The minimum absolute atomic E-state index is 0.227. The summed E-state index contributed by atoms with van der Waals surface area (Å²) in [6, 6.07) is 14.6. The van der Waals surface area contributed by atoms with Gasteiger partial charge in [0, 0.05) is 23.1 Å². The molecule has 9 heteroatoms. The highest BCUT2D eigenvalue weighted by Gasteiger charge is 2.41. The summed E-state index contributed by atoms with van der Waals surface area (Å²) in [5.41, 5.74) is -0.260. The van der Waals surface area contributed by atoms with Crippen LogP contribution in [0.1, 0.15) is 75.2 Å². The molecule has 0 aromatic heterocycles. The van der Waals surface area contributed by atoms with E-state index in [0.29, 0.717) is 18.6 Å². The number of carboxylic acid groups (broad SMARTS) is 1. The third kappa shape index (κ3) is 9.39. The molecule has 0 radical (unpaired) electrons. The van der Waals surface area contributed by atoms with Gasteiger partial charge in [0.05, 0.1) is 12.1 Å². The van der Waals surface area contributed by atoms with E-state index in [0.717, 1.165) is 5.56 Å². The Balaban J connectivity index is 1.62. The number of amides is 2. The number of carboxylic acids is 1. The number of benzene rings is 2. The van der Waals surface area contributed by atoms with Crippen LogP contribution < -0.4 is 10.6 Å². The van der Waals surface area contributed by atoms with E-state index in [1.54, 1.807) is 58.9 Å². The molecule has 9 nitrogen and oxygen atoms in total. The minimum Gasteiger partial charge on any atom is -0.480 e. The van der Waals surface area contributed by atoms with Crippen molar-refractivity contribution in [2.24, 2.45) is 0 Å². The molecule has 3 N–H and O–H groups in total. The van der Waals surface area contributed by atoms with Gasteiger partial charge in [-0.05, 0) is 70.2 Å². The Morgan fingerprint density at radius 3 is 2.34 bits per heavy atom. The zero-order chi connectivity index (χ0) is 30.0. The van der Waals surface area contributed by atoms with Gasteiger partial charge in [-0.3, -0.25) is 4.79 Å². The molecule has 2 aromatic rings. The fraction of sp³-hybridized carbons (Fsp3) is 0.406. The summed E-state index contributed by atoms with van der Waals surface area (Å²) in [4.78, 5) is 37.4. The number of nitrogens with one attached hydrogen (secondary N) is 2. The van der Waals surface area contributed by atoms with Crippen molar-refractivity contribution in [1.82, 2.24) is 10.6 Å². The molecule has 0 bridgehead atoms. The van der Waals surface area contributed by atoms with Gasteiger partial charge in [-0.1, -0.05) is 49.1 Å². The number of hydrogen-bond donors (Lipinski definition) is 3. The molecular weight excluding hydrogens is 524 g/mol. The second-order valence-electron chi connectivity index (χ2n) is 10.8. The number of hydrogen-bond acceptors (Lipinski definition) is 6. The van der Waals surface area contributed by atoms with E-state index in [1.807, 2.05) is 30.3 Å². The van der Waals surface area contributed by atoms with E-state index in [1.165, 1.54) is 0 Å². The van der Waals surface area contributed by atoms with Crippen molar-refractivity contribution < 1.29 is 33.7 Å². The van der Waals surface area contributed by atoms with Gasteiger partial charge in [-0.15, -0.1) is 0 Å². The van der Waals surface area contributed by atoms with E-state index in [4.69, 9.17) is 14.2 Å². The largest absolute Gasteiger partial charge is 0.480 e. The molecule has 41 heavy (non-hydrogen) atoms.